The number of aromatic nitrogens is 1. The third kappa shape index (κ3) is 1.55. The Balaban J connectivity index is 2.69. The average molecular weight is 240 g/mol. The number of H-pyrrole nitrogens is 1. The number of hydrogen-bond acceptors (Lipinski definition) is 3. The Morgan fingerprint density at radius 1 is 1.56 bits per heavy atom. The second-order valence-electron chi connectivity index (χ2n) is 3.21. The molecule has 0 bridgehead atoms. The fraction of sp³-hybridized carbons (Fsp3) is 0.100. The highest BCUT2D eigenvalue weighted by molar-refractivity contribution is 6.39. The lowest BCUT2D eigenvalue weighted by Gasteiger charge is -1.98. The van der Waals surface area contributed by atoms with Gasteiger partial charge in [-0.2, -0.15) is 0 Å². The molecule has 4 N–H and O–H groups in total. The minimum atomic E-state index is -0.0554. The van der Waals surface area contributed by atoms with E-state index in [4.69, 9.17) is 27.3 Å². The summed E-state index contributed by atoms with van der Waals surface area (Å²) in [5.41, 5.74) is 6.68. The summed E-state index contributed by atoms with van der Waals surface area (Å²) >= 11 is 6.10. The van der Waals surface area contributed by atoms with Gasteiger partial charge in [-0.1, -0.05) is 16.8 Å². The number of ether oxygens (including phenoxy) is 1. The highest BCUT2D eigenvalue weighted by atomic mass is 35.5. The Kier molecular flexibility index (Phi) is 2.62. The second kappa shape index (κ2) is 3.94. The van der Waals surface area contributed by atoms with Gasteiger partial charge in [0.15, 0.2) is 5.84 Å². The SMILES string of the molecule is COc1ccc2[nH]c(C(N)=NO)c(Cl)c2c1. The van der Waals surface area contributed by atoms with E-state index in [1.807, 2.05) is 6.07 Å². The van der Waals surface area contributed by atoms with Crippen molar-refractivity contribution in [1.82, 2.24) is 4.98 Å². The lowest BCUT2D eigenvalue weighted by atomic mass is 10.2. The van der Waals surface area contributed by atoms with E-state index in [0.29, 0.717) is 16.5 Å². The van der Waals surface area contributed by atoms with Crippen molar-refractivity contribution < 1.29 is 9.94 Å². The Bertz CT molecular complexity index is 562. The summed E-state index contributed by atoms with van der Waals surface area (Å²) < 4.78 is 5.09. The van der Waals surface area contributed by atoms with Crippen LogP contribution < -0.4 is 10.5 Å². The zero-order chi connectivity index (χ0) is 11.7. The number of rotatable bonds is 2. The highest BCUT2D eigenvalue weighted by Gasteiger charge is 2.13. The van der Waals surface area contributed by atoms with Crippen molar-refractivity contribution in [2.24, 2.45) is 10.9 Å². The van der Waals surface area contributed by atoms with Crippen LogP contribution in [0.25, 0.3) is 10.9 Å². The van der Waals surface area contributed by atoms with E-state index in [1.54, 1.807) is 19.2 Å². The molecule has 2 aromatic rings. The molecule has 0 fully saturated rings. The van der Waals surface area contributed by atoms with Gasteiger partial charge >= 0.3 is 0 Å². The number of hydrogen-bond donors (Lipinski definition) is 3. The number of nitrogens with two attached hydrogens (primary N) is 1. The number of oxime groups is 1. The molecular formula is C10H10ClN3O2. The Morgan fingerprint density at radius 3 is 2.94 bits per heavy atom. The van der Waals surface area contributed by atoms with E-state index in [9.17, 15) is 0 Å². The van der Waals surface area contributed by atoms with Crippen LogP contribution in [0, 0.1) is 0 Å². The number of nitrogens with one attached hydrogen (secondary N) is 1. The third-order valence-corrected chi connectivity index (χ3v) is 2.70. The maximum Gasteiger partial charge on any atom is 0.188 e. The Labute approximate surface area is 96.5 Å². The molecule has 0 aliphatic heterocycles. The fourth-order valence-electron chi connectivity index (χ4n) is 1.49. The monoisotopic (exact) mass is 239 g/mol. The third-order valence-electron chi connectivity index (χ3n) is 2.31. The maximum atomic E-state index is 8.60. The molecule has 0 atom stereocenters. The molecule has 2 rings (SSSR count). The van der Waals surface area contributed by atoms with Gasteiger partial charge in [0.25, 0.3) is 0 Å². The van der Waals surface area contributed by atoms with E-state index >= 15 is 0 Å². The van der Waals surface area contributed by atoms with Gasteiger partial charge in [0.05, 0.1) is 12.1 Å². The summed E-state index contributed by atoms with van der Waals surface area (Å²) in [6.45, 7) is 0. The lowest BCUT2D eigenvalue weighted by Crippen LogP contribution is -2.13. The Morgan fingerprint density at radius 2 is 2.31 bits per heavy atom. The number of aromatic amines is 1. The number of methoxy groups -OCH3 is 1. The van der Waals surface area contributed by atoms with Gasteiger partial charge in [-0.05, 0) is 18.2 Å². The summed E-state index contributed by atoms with van der Waals surface area (Å²) in [5, 5.41) is 12.7. The van der Waals surface area contributed by atoms with Crippen LogP contribution in [0.3, 0.4) is 0 Å². The summed E-state index contributed by atoms with van der Waals surface area (Å²) in [5.74, 6) is 0.639. The molecule has 1 aromatic carbocycles. The minimum absolute atomic E-state index is 0.0554. The molecule has 0 amide bonds. The molecule has 0 saturated carbocycles. The van der Waals surface area contributed by atoms with Crippen LogP contribution in [0.1, 0.15) is 5.69 Å². The van der Waals surface area contributed by atoms with Crippen molar-refractivity contribution in [1.29, 1.82) is 0 Å². The quantitative estimate of drug-likeness (QED) is 0.324. The first kappa shape index (κ1) is 10.6. The molecule has 1 aromatic heterocycles. The fourth-order valence-corrected chi connectivity index (χ4v) is 1.79. The van der Waals surface area contributed by atoms with Crippen molar-refractivity contribution in [3.63, 3.8) is 0 Å². The number of nitrogens with zero attached hydrogens (tertiary/aromatic N) is 1. The van der Waals surface area contributed by atoms with Crippen LogP contribution in [-0.4, -0.2) is 23.1 Å². The number of halogens is 1. The van der Waals surface area contributed by atoms with Gasteiger partial charge in [0, 0.05) is 10.9 Å². The molecular weight excluding hydrogens is 230 g/mol. The summed E-state index contributed by atoms with van der Waals surface area (Å²) in [6, 6.07) is 5.39. The molecule has 84 valence electrons. The standard InChI is InChI=1S/C10H10ClN3O2/c1-16-5-2-3-7-6(4-5)8(11)9(13-7)10(12)14-15/h2-4,13,15H,1H3,(H2,12,14). The largest absolute Gasteiger partial charge is 0.497 e. The summed E-state index contributed by atoms with van der Waals surface area (Å²) in [7, 11) is 1.58. The second-order valence-corrected chi connectivity index (χ2v) is 3.59. The van der Waals surface area contributed by atoms with Gasteiger partial charge in [0.1, 0.15) is 11.4 Å². The highest BCUT2D eigenvalue weighted by Crippen LogP contribution is 2.30. The van der Waals surface area contributed by atoms with E-state index in [1.165, 1.54) is 0 Å². The molecule has 6 heteroatoms. The van der Waals surface area contributed by atoms with E-state index in [0.717, 1.165) is 10.9 Å². The molecule has 0 unspecified atom stereocenters. The summed E-state index contributed by atoms with van der Waals surface area (Å²) in [4.78, 5) is 2.96. The average Bonchev–Trinajstić information content (AvgIpc) is 2.65. The van der Waals surface area contributed by atoms with Gasteiger partial charge in [-0.3, -0.25) is 0 Å². The molecule has 16 heavy (non-hydrogen) atoms. The van der Waals surface area contributed by atoms with Gasteiger partial charge < -0.3 is 20.7 Å². The normalized spacial score (nSPS) is 12.0. The molecule has 5 nitrogen and oxygen atoms in total. The van der Waals surface area contributed by atoms with Crippen LogP contribution in [0.15, 0.2) is 23.4 Å². The Hall–Kier alpha value is -1.88. The van der Waals surface area contributed by atoms with Crippen molar-refractivity contribution >= 4 is 28.3 Å². The first-order valence-corrected chi connectivity index (χ1v) is 4.88. The van der Waals surface area contributed by atoms with E-state index < -0.39 is 0 Å². The molecule has 0 aliphatic carbocycles. The van der Waals surface area contributed by atoms with Crippen LogP contribution >= 0.6 is 11.6 Å². The predicted molar refractivity (Wildman–Crippen MR) is 62.4 cm³/mol. The van der Waals surface area contributed by atoms with Crippen LogP contribution in [0.4, 0.5) is 0 Å². The van der Waals surface area contributed by atoms with Crippen molar-refractivity contribution in [3.05, 3.63) is 28.9 Å². The van der Waals surface area contributed by atoms with Crippen LogP contribution in [-0.2, 0) is 0 Å². The summed E-state index contributed by atoms with van der Waals surface area (Å²) in [6.07, 6.45) is 0. The molecule has 1 heterocycles. The van der Waals surface area contributed by atoms with Gasteiger partial charge in [0.2, 0.25) is 0 Å². The van der Waals surface area contributed by atoms with Gasteiger partial charge in [-0.25, -0.2) is 0 Å². The number of fused-ring (bicyclic) bond motifs is 1. The maximum absolute atomic E-state index is 8.60. The smallest absolute Gasteiger partial charge is 0.188 e. The van der Waals surface area contributed by atoms with Gasteiger partial charge in [-0.15, -0.1) is 0 Å². The van der Waals surface area contributed by atoms with Crippen molar-refractivity contribution in [3.8, 4) is 5.75 Å². The van der Waals surface area contributed by atoms with Crippen LogP contribution in [0.2, 0.25) is 5.02 Å². The first-order valence-electron chi connectivity index (χ1n) is 4.50. The molecule has 0 saturated heterocycles. The minimum Gasteiger partial charge on any atom is -0.497 e. The number of benzene rings is 1. The zero-order valence-corrected chi connectivity index (χ0v) is 9.25. The van der Waals surface area contributed by atoms with Crippen LogP contribution in [0.5, 0.6) is 5.75 Å². The zero-order valence-electron chi connectivity index (χ0n) is 8.49. The predicted octanol–water partition coefficient (Wildman–Crippen LogP) is 1.92. The lowest BCUT2D eigenvalue weighted by molar-refractivity contribution is 0.318. The van der Waals surface area contributed by atoms with E-state index in [2.05, 4.69) is 10.1 Å². The molecule has 0 aliphatic rings. The van der Waals surface area contributed by atoms with Crippen molar-refractivity contribution in [2.45, 2.75) is 0 Å². The molecule has 0 radical (unpaired) electrons. The first-order chi connectivity index (χ1) is 7.67. The van der Waals surface area contributed by atoms with E-state index in [-0.39, 0.29) is 5.84 Å². The topological polar surface area (TPSA) is 83.6 Å². The van der Waals surface area contributed by atoms with Crippen molar-refractivity contribution in [2.75, 3.05) is 7.11 Å². The number of amidine groups is 1. The molecule has 0 spiro atoms.